The van der Waals surface area contributed by atoms with Crippen molar-refractivity contribution in [1.29, 1.82) is 0 Å². The summed E-state index contributed by atoms with van der Waals surface area (Å²) in [4.78, 5) is 2.70. The van der Waals surface area contributed by atoms with E-state index in [1.165, 1.54) is 0 Å². The molecule has 5 heteroatoms. The first-order chi connectivity index (χ1) is 9.39. The average molecular weight is 296 g/mol. The normalized spacial score (nSPS) is 26.2. The van der Waals surface area contributed by atoms with Gasteiger partial charge in [-0.05, 0) is 38.4 Å². The Bertz CT molecular complexity index is 585. The second-order valence-corrected chi connectivity index (χ2v) is 7.75. The molecule has 1 aliphatic heterocycles. The van der Waals surface area contributed by atoms with Crippen LogP contribution in [0.4, 0.5) is 0 Å². The lowest BCUT2D eigenvalue weighted by Crippen LogP contribution is -2.55. The van der Waals surface area contributed by atoms with Crippen molar-refractivity contribution >= 4 is 9.84 Å². The first-order valence-electron chi connectivity index (χ1n) is 7.14. The van der Waals surface area contributed by atoms with Crippen LogP contribution in [-0.4, -0.2) is 38.7 Å². The highest BCUT2D eigenvalue weighted by atomic mass is 32.2. The van der Waals surface area contributed by atoms with Gasteiger partial charge in [-0.2, -0.15) is 0 Å². The van der Waals surface area contributed by atoms with Crippen molar-refractivity contribution in [3.05, 3.63) is 29.8 Å². The topological polar surface area (TPSA) is 63.4 Å². The van der Waals surface area contributed by atoms with Gasteiger partial charge < -0.3 is 5.73 Å². The van der Waals surface area contributed by atoms with E-state index >= 15 is 0 Å². The van der Waals surface area contributed by atoms with E-state index in [2.05, 4.69) is 25.8 Å². The van der Waals surface area contributed by atoms with Gasteiger partial charge in [0.25, 0.3) is 0 Å². The quantitative estimate of drug-likeness (QED) is 0.919. The van der Waals surface area contributed by atoms with E-state index in [0.717, 1.165) is 12.0 Å². The van der Waals surface area contributed by atoms with Gasteiger partial charge in [-0.15, -0.1) is 0 Å². The summed E-state index contributed by atoms with van der Waals surface area (Å²) in [5.41, 5.74) is 6.58. The van der Waals surface area contributed by atoms with Crippen molar-refractivity contribution in [1.82, 2.24) is 4.90 Å². The van der Waals surface area contributed by atoms with E-state index in [1.807, 2.05) is 12.1 Å². The van der Waals surface area contributed by atoms with Crippen LogP contribution in [0.25, 0.3) is 0 Å². The molecule has 0 amide bonds. The number of rotatable bonds is 4. The minimum Gasteiger partial charge on any atom is -0.328 e. The Labute approximate surface area is 121 Å². The first-order valence-corrected chi connectivity index (χ1v) is 8.79. The van der Waals surface area contributed by atoms with Gasteiger partial charge >= 0.3 is 0 Å². The molecule has 2 rings (SSSR count). The number of nitrogens with two attached hydrogens (primary N) is 1. The maximum atomic E-state index is 12.3. The zero-order valence-corrected chi connectivity index (χ0v) is 13.3. The summed E-state index contributed by atoms with van der Waals surface area (Å²) in [6.45, 7) is 4.72. The van der Waals surface area contributed by atoms with Gasteiger partial charge in [0.05, 0.1) is 16.2 Å². The predicted molar refractivity (Wildman–Crippen MR) is 81.4 cm³/mol. The van der Waals surface area contributed by atoms with E-state index in [-0.39, 0.29) is 11.3 Å². The molecule has 4 nitrogen and oxygen atoms in total. The Morgan fingerprint density at radius 1 is 1.40 bits per heavy atom. The molecule has 0 fully saturated rings. The Morgan fingerprint density at radius 3 is 2.65 bits per heavy atom. The van der Waals surface area contributed by atoms with Gasteiger partial charge in [-0.25, -0.2) is 8.42 Å². The van der Waals surface area contributed by atoms with E-state index in [0.29, 0.717) is 23.9 Å². The van der Waals surface area contributed by atoms with Crippen LogP contribution in [0.5, 0.6) is 0 Å². The summed E-state index contributed by atoms with van der Waals surface area (Å²) in [5, 5.41) is 0. The largest absolute Gasteiger partial charge is 0.328 e. The molecule has 20 heavy (non-hydrogen) atoms. The van der Waals surface area contributed by atoms with Crippen LogP contribution in [0.15, 0.2) is 29.2 Å². The molecule has 0 spiro atoms. The molecule has 0 bridgehead atoms. The van der Waals surface area contributed by atoms with Crippen molar-refractivity contribution in [2.24, 2.45) is 5.73 Å². The third-order valence-corrected chi connectivity index (χ3v) is 6.54. The van der Waals surface area contributed by atoms with Crippen molar-refractivity contribution in [2.75, 3.05) is 19.3 Å². The van der Waals surface area contributed by atoms with E-state index in [1.54, 1.807) is 12.1 Å². The number of hydrogen-bond donors (Lipinski definition) is 1. The van der Waals surface area contributed by atoms with Gasteiger partial charge in [-0.3, -0.25) is 4.90 Å². The molecule has 1 aliphatic rings. The molecular weight excluding hydrogens is 272 g/mol. The van der Waals surface area contributed by atoms with Crippen LogP contribution in [0, 0.1) is 0 Å². The highest BCUT2D eigenvalue weighted by Gasteiger charge is 2.44. The standard InChI is InChI=1S/C15H24N2O2S/c1-4-12(2)17(3)15(11-16)9-10-20(18,19)14-8-6-5-7-13(14)15/h5-8,12H,4,9-11,16H2,1-3H3. The lowest BCUT2D eigenvalue weighted by molar-refractivity contribution is 0.0722. The second-order valence-electron chi connectivity index (χ2n) is 5.67. The molecule has 2 N–H and O–H groups in total. The molecule has 0 saturated carbocycles. The van der Waals surface area contributed by atoms with Crippen LogP contribution >= 0.6 is 0 Å². The van der Waals surface area contributed by atoms with Gasteiger partial charge in [-0.1, -0.05) is 25.1 Å². The molecule has 1 heterocycles. The Balaban J connectivity index is 2.62. The number of sulfone groups is 1. The number of likely N-dealkylation sites (N-methyl/N-ethyl adjacent to an activating group) is 1. The molecule has 2 atom stereocenters. The second kappa shape index (κ2) is 5.47. The molecule has 0 aliphatic carbocycles. The minimum absolute atomic E-state index is 0.169. The average Bonchev–Trinajstić information content (AvgIpc) is 2.47. The predicted octanol–water partition coefficient (Wildman–Crippen LogP) is 1.75. The van der Waals surface area contributed by atoms with Crippen LogP contribution in [0.2, 0.25) is 0 Å². The molecule has 1 aromatic carbocycles. The van der Waals surface area contributed by atoms with Crippen LogP contribution in [-0.2, 0) is 15.4 Å². The zero-order valence-electron chi connectivity index (χ0n) is 12.5. The lowest BCUT2D eigenvalue weighted by atomic mass is 9.84. The molecule has 0 saturated heterocycles. The minimum atomic E-state index is -3.17. The van der Waals surface area contributed by atoms with E-state index < -0.39 is 9.84 Å². The van der Waals surface area contributed by atoms with Gasteiger partial charge in [0.15, 0.2) is 9.84 Å². The molecular formula is C15H24N2O2S. The van der Waals surface area contributed by atoms with Gasteiger partial charge in [0.1, 0.15) is 0 Å². The Hall–Kier alpha value is -0.910. The molecule has 1 aromatic rings. The summed E-state index contributed by atoms with van der Waals surface area (Å²) < 4.78 is 24.6. The monoisotopic (exact) mass is 296 g/mol. The smallest absolute Gasteiger partial charge is 0.178 e. The van der Waals surface area contributed by atoms with Crippen LogP contribution in [0.1, 0.15) is 32.3 Å². The lowest BCUT2D eigenvalue weighted by Gasteiger charge is -2.47. The number of benzene rings is 1. The van der Waals surface area contributed by atoms with E-state index in [4.69, 9.17) is 5.73 Å². The summed E-state index contributed by atoms with van der Waals surface area (Å²) in [6.07, 6.45) is 1.57. The first kappa shape index (κ1) is 15.5. The van der Waals surface area contributed by atoms with Crippen molar-refractivity contribution in [2.45, 2.75) is 43.2 Å². The van der Waals surface area contributed by atoms with Gasteiger partial charge in [0, 0.05) is 12.6 Å². The summed E-state index contributed by atoms with van der Waals surface area (Å²) >= 11 is 0. The number of hydrogen-bond acceptors (Lipinski definition) is 4. The Kier molecular flexibility index (Phi) is 4.23. The SMILES string of the molecule is CCC(C)N(C)C1(CN)CCS(=O)(=O)c2ccccc21. The molecule has 112 valence electrons. The third-order valence-electron chi connectivity index (χ3n) is 4.77. The van der Waals surface area contributed by atoms with Crippen molar-refractivity contribution < 1.29 is 8.42 Å². The fourth-order valence-corrected chi connectivity index (χ4v) is 4.79. The highest BCUT2D eigenvalue weighted by Crippen LogP contribution is 2.41. The molecule has 0 radical (unpaired) electrons. The van der Waals surface area contributed by atoms with Crippen molar-refractivity contribution in [3.8, 4) is 0 Å². The number of fused-ring (bicyclic) bond motifs is 1. The summed E-state index contributed by atoms with van der Waals surface area (Å²) in [7, 11) is -1.12. The fraction of sp³-hybridized carbons (Fsp3) is 0.600. The maximum Gasteiger partial charge on any atom is 0.178 e. The number of nitrogens with zero attached hydrogens (tertiary/aromatic N) is 1. The summed E-state index contributed by atoms with van der Waals surface area (Å²) in [5.74, 6) is 0.169. The Morgan fingerprint density at radius 2 is 2.05 bits per heavy atom. The zero-order chi connectivity index (χ0) is 15.0. The van der Waals surface area contributed by atoms with Crippen molar-refractivity contribution in [3.63, 3.8) is 0 Å². The summed E-state index contributed by atoms with van der Waals surface area (Å²) in [6, 6.07) is 7.66. The van der Waals surface area contributed by atoms with E-state index in [9.17, 15) is 8.42 Å². The van der Waals surface area contributed by atoms with Gasteiger partial charge in [0.2, 0.25) is 0 Å². The maximum absolute atomic E-state index is 12.3. The molecule has 0 aromatic heterocycles. The van der Waals surface area contributed by atoms with Crippen LogP contribution < -0.4 is 5.73 Å². The fourth-order valence-electron chi connectivity index (χ4n) is 3.09. The molecule has 2 unspecified atom stereocenters. The van der Waals surface area contributed by atoms with Crippen LogP contribution in [0.3, 0.4) is 0 Å². The highest BCUT2D eigenvalue weighted by molar-refractivity contribution is 7.91. The third kappa shape index (κ3) is 2.28.